The van der Waals surface area contributed by atoms with Gasteiger partial charge in [0.2, 0.25) is 0 Å². The summed E-state index contributed by atoms with van der Waals surface area (Å²) in [5.74, 6) is 0.980. The second-order valence-corrected chi connectivity index (χ2v) is 9.11. The molecule has 32 heavy (non-hydrogen) atoms. The number of unbranched alkanes of at least 4 members (excludes halogenated alkanes) is 1. The van der Waals surface area contributed by atoms with Crippen LogP contribution < -0.4 is 14.4 Å². The van der Waals surface area contributed by atoms with Crippen molar-refractivity contribution >= 4 is 23.1 Å². The van der Waals surface area contributed by atoms with Crippen LogP contribution in [0, 0.1) is 22.7 Å². The zero-order valence-corrected chi connectivity index (χ0v) is 20.4. The van der Waals surface area contributed by atoms with Crippen molar-refractivity contribution in [2.24, 2.45) is 0 Å². The maximum absolute atomic E-state index is 10.1. The molecular formula is C26H31N3O2S. The van der Waals surface area contributed by atoms with Crippen molar-refractivity contribution in [3.63, 3.8) is 0 Å². The second-order valence-electron chi connectivity index (χ2n) is 8.06. The maximum Gasteiger partial charge on any atom is 0.163 e. The Morgan fingerprint density at radius 3 is 2.12 bits per heavy atom. The van der Waals surface area contributed by atoms with E-state index in [1.807, 2.05) is 39.8 Å². The molecular weight excluding hydrogens is 418 g/mol. The summed E-state index contributed by atoms with van der Waals surface area (Å²) >= 11 is 1.59. The smallest absolute Gasteiger partial charge is 0.163 e. The van der Waals surface area contributed by atoms with E-state index in [2.05, 4.69) is 36.1 Å². The zero-order chi connectivity index (χ0) is 23.3. The number of rotatable bonds is 9. The van der Waals surface area contributed by atoms with Crippen LogP contribution in [0.25, 0.3) is 0 Å². The van der Waals surface area contributed by atoms with Crippen LogP contribution in [-0.2, 0) is 0 Å². The summed E-state index contributed by atoms with van der Waals surface area (Å²) < 4.78 is 12.7. The van der Waals surface area contributed by atoms with Crippen molar-refractivity contribution in [1.82, 2.24) is 0 Å². The highest BCUT2D eigenvalue weighted by atomic mass is 32.2. The molecule has 0 saturated heterocycles. The van der Waals surface area contributed by atoms with Crippen LogP contribution in [0.1, 0.15) is 71.4 Å². The molecule has 2 aromatic rings. The van der Waals surface area contributed by atoms with Gasteiger partial charge >= 0.3 is 0 Å². The van der Waals surface area contributed by atoms with Crippen molar-refractivity contribution < 1.29 is 9.47 Å². The quantitative estimate of drug-likeness (QED) is 0.403. The van der Waals surface area contributed by atoms with Crippen LogP contribution in [-0.4, -0.2) is 18.8 Å². The van der Waals surface area contributed by atoms with Gasteiger partial charge in [0, 0.05) is 11.4 Å². The Balaban J connectivity index is 2.38. The minimum atomic E-state index is -0.0886. The number of nitriles is 2. The zero-order valence-electron chi connectivity index (χ0n) is 19.6. The van der Waals surface area contributed by atoms with E-state index in [1.54, 1.807) is 11.8 Å². The van der Waals surface area contributed by atoms with Gasteiger partial charge in [-0.25, -0.2) is 0 Å². The molecule has 1 aliphatic rings. The van der Waals surface area contributed by atoms with Crippen molar-refractivity contribution in [2.75, 3.05) is 11.4 Å². The molecule has 2 unspecified atom stereocenters. The maximum atomic E-state index is 10.1. The lowest BCUT2D eigenvalue weighted by molar-refractivity contribution is 0.205. The number of hydrogen-bond donors (Lipinski definition) is 0. The van der Waals surface area contributed by atoms with Crippen LogP contribution >= 0.6 is 11.8 Å². The van der Waals surface area contributed by atoms with Crippen LogP contribution in [0.2, 0.25) is 0 Å². The van der Waals surface area contributed by atoms with Crippen molar-refractivity contribution in [2.45, 2.75) is 82.3 Å². The van der Waals surface area contributed by atoms with E-state index in [0.29, 0.717) is 11.5 Å². The van der Waals surface area contributed by atoms with E-state index in [1.165, 1.54) is 0 Å². The third-order valence-corrected chi connectivity index (χ3v) is 6.87. The normalized spacial score (nSPS) is 13.9. The lowest BCUT2D eigenvalue weighted by Gasteiger charge is -2.36. The number of benzene rings is 2. The van der Waals surface area contributed by atoms with E-state index in [0.717, 1.165) is 53.4 Å². The molecule has 0 aromatic heterocycles. The van der Waals surface area contributed by atoms with Gasteiger partial charge in [0.15, 0.2) is 11.5 Å². The summed E-state index contributed by atoms with van der Waals surface area (Å²) in [6.45, 7) is 11.0. The molecule has 3 rings (SSSR count). The van der Waals surface area contributed by atoms with Crippen molar-refractivity contribution in [3.05, 3.63) is 35.4 Å². The second kappa shape index (κ2) is 10.7. The Kier molecular flexibility index (Phi) is 7.94. The number of ether oxygens (including phenoxy) is 2. The number of fused-ring (bicyclic) bond motifs is 2. The standard InChI is InChI=1S/C26H31N3O2S/c1-6-9-14-29-21-12-10-11-13-22(21)32-26-23(29)24(30-17(4)7-2)19(15-27)20(16-28)25(26)31-18(5)8-3/h10-13,17-18H,6-9,14H2,1-5H3. The topological polar surface area (TPSA) is 69.3 Å². The first-order valence-corrected chi connectivity index (χ1v) is 12.2. The lowest BCUT2D eigenvalue weighted by atomic mass is 10.0. The number of nitrogens with zero attached hydrogens (tertiary/aromatic N) is 3. The van der Waals surface area contributed by atoms with Crippen molar-refractivity contribution in [3.8, 4) is 23.6 Å². The highest BCUT2D eigenvalue weighted by Crippen LogP contribution is 2.58. The molecule has 1 aliphatic heterocycles. The van der Waals surface area contributed by atoms with Gasteiger partial charge in [0.05, 0.1) is 22.8 Å². The Morgan fingerprint density at radius 2 is 1.53 bits per heavy atom. The summed E-state index contributed by atoms with van der Waals surface area (Å²) in [7, 11) is 0. The van der Waals surface area contributed by atoms with Crippen LogP contribution in [0.5, 0.6) is 11.5 Å². The van der Waals surface area contributed by atoms with Gasteiger partial charge in [-0.05, 0) is 45.2 Å². The summed E-state index contributed by atoms with van der Waals surface area (Å²) in [4.78, 5) is 4.20. The fraction of sp³-hybridized carbons (Fsp3) is 0.462. The minimum Gasteiger partial charge on any atom is -0.488 e. The molecule has 0 spiro atoms. The Hall–Kier alpha value is -2.83. The largest absolute Gasteiger partial charge is 0.488 e. The van der Waals surface area contributed by atoms with Gasteiger partial charge in [-0.2, -0.15) is 10.5 Å². The molecule has 0 amide bonds. The summed E-state index contributed by atoms with van der Waals surface area (Å²) in [6.07, 6.45) is 3.46. The van der Waals surface area contributed by atoms with Crippen LogP contribution in [0.4, 0.5) is 11.4 Å². The SMILES string of the molecule is CCCCN1c2ccccc2Sc2c(OC(C)CC)c(C#N)c(C#N)c(OC(C)CC)c21. The average molecular weight is 450 g/mol. The van der Waals surface area contributed by atoms with E-state index in [9.17, 15) is 10.5 Å². The van der Waals surface area contributed by atoms with Gasteiger partial charge < -0.3 is 14.4 Å². The third kappa shape index (κ3) is 4.52. The van der Waals surface area contributed by atoms with Gasteiger partial charge in [-0.1, -0.05) is 51.1 Å². The van der Waals surface area contributed by atoms with E-state index >= 15 is 0 Å². The number of para-hydroxylation sites is 1. The Labute approximate surface area is 195 Å². The van der Waals surface area contributed by atoms with Crippen LogP contribution in [0.15, 0.2) is 34.1 Å². The average Bonchev–Trinajstić information content (AvgIpc) is 2.82. The first-order chi connectivity index (χ1) is 15.5. The van der Waals surface area contributed by atoms with Gasteiger partial charge in [0.25, 0.3) is 0 Å². The van der Waals surface area contributed by atoms with E-state index in [4.69, 9.17) is 9.47 Å². The molecule has 0 N–H and O–H groups in total. The molecule has 0 fully saturated rings. The van der Waals surface area contributed by atoms with Gasteiger partial charge in [-0.3, -0.25) is 0 Å². The molecule has 2 atom stereocenters. The molecule has 2 aromatic carbocycles. The highest BCUT2D eigenvalue weighted by molar-refractivity contribution is 7.99. The molecule has 0 radical (unpaired) electrons. The summed E-state index contributed by atoms with van der Waals surface area (Å²) in [5.41, 5.74) is 2.45. The molecule has 168 valence electrons. The molecule has 5 nitrogen and oxygen atoms in total. The fourth-order valence-electron chi connectivity index (χ4n) is 3.56. The summed E-state index contributed by atoms with van der Waals surface area (Å²) in [5, 5.41) is 20.2. The molecule has 6 heteroatoms. The van der Waals surface area contributed by atoms with Crippen molar-refractivity contribution in [1.29, 1.82) is 10.5 Å². The summed E-state index contributed by atoms with van der Waals surface area (Å²) in [6, 6.07) is 12.8. The Bertz CT molecular complexity index is 1050. The predicted molar refractivity (Wildman–Crippen MR) is 129 cm³/mol. The first-order valence-electron chi connectivity index (χ1n) is 11.4. The van der Waals surface area contributed by atoms with Gasteiger partial charge in [0.1, 0.15) is 29.0 Å². The third-order valence-electron chi connectivity index (χ3n) is 5.73. The monoisotopic (exact) mass is 449 g/mol. The number of anilines is 2. The fourth-order valence-corrected chi connectivity index (χ4v) is 4.76. The molecule has 0 bridgehead atoms. The molecule has 0 aliphatic carbocycles. The predicted octanol–water partition coefficient (Wildman–Crippen LogP) is 7.19. The first kappa shape index (κ1) is 23.8. The highest BCUT2D eigenvalue weighted by Gasteiger charge is 2.35. The van der Waals surface area contributed by atoms with E-state index in [-0.39, 0.29) is 23.3 Å². The molecule has 0 saturated carbocycles. The van der Waals surface area contributed by atoms with Gasteiger partial charge in [-0.15, -0.1) is 0 Å². The Morgan fingerprint density at radius 1 is 0.938 bits per heavy atom. The van der Waals surface area contributed by atoms with E-state index < -0.39 is 0 Å². The number of hydrogen-bond acceptors (Lipinski definition) is 6. The molecule has 1 heterocycles. The minimum absolute atomic E-state index is 0.0825. The lowest BCUT2D eigenvalue weighted by Crippen LogP contribution is -2.25. The van der Waals surface area contributed by atoms with Crippen LogP contribution in [0.3, 0.4) is 0 Å².